The molecule has 1 amide bonds. The molecule has 0 bridgehead atoms. The van der Waals surface area contributed by atoms with Crippen LogP contribution < -0.4 is 5.73 Å². The second kappa shape index (κ2) is 6.97. The largest absolute Gasteiger partial charge is 0.337 e. The first-order chi connectivity index (χ1) is 8.02. The van der Waals surface area contributed by atoms with Crippen molar-refractivity contribution in [2.24, 2.45) is 5.73 Å². The van der Waals surface area contributed by atoms with Gasteiger partial charge in [0, 0.05) is 19.1 Å². The minimum absolute atomic E-state index is 0.110. The minimum Gasteiger partial charge on any atom is -0.337 e. The van der Waals surface area contributed by atoms with E-state index in [9.17, 15) is 4.79 Å². The average molecular weight is 241 g/mol. The summed E-state index contributed by atoms with van der Waals surface area (Å²) in [6.45, 7) is 3.50. The highest BCUT2D eigenvalue weighted by molar-refractivity contribution is 5.81. The highest BCUT2D eigenvalue weighted by Crippen LogP contribution is 2.22. The summed E-state index contributed by atoms with van der Waals surface area (Å²) < 4.78 is 0. The lowest BCUT2D eigenvalue weighted by molar-refractivity contribution is -0.135. The first-order valence-corrected chi connectivity index (χ1v) is 6.73. The van der Waals surface area contributed by atoms with E-state index in [0.29, 0.717) is 6.04 Å². The van der Waals surface area contributed by atoms with Crippen molar-refractivity contribution in [2.75, 3.05) is 27.2 Å². The molecule has 0 aromatic heterocycles. The van der Waals surface area contributed by atoms with Gasteiger partial charge in [0.05, 0.1) is 6.04 Å². The van der Waals surface area contributed by atoms with Crippen molar-refractivity contribution in [1.29, 1.82) is 0 Å². The molecule has 1 rings (SSSR count). The molecule has 100 valence electrons. The van der Waals surface area contributed by atoms with E-state index < -0.39 is 0 Å². The quantitative estimate of drug-likeness (QED) is 0.783. The summed E-state index contributed by atoms with van der Waals surface area (Å²) in [5.41, 5.74) is 5.75. The predicted molar refractivity (Wildman–Crippen MR) is 70.8 cm³/mol. The third kappa shape index (κ3) is 4.64. The summed E-state index contributed by atoms with van der Waals surface area (Å²) in [6, 6.07) is 0.0429. The smallest absolute Gasteiger partial charge is 0.239 e. The molecule has 0 saturated heterocycles. The van der Waals surface area contributed by atoms with Gasteiger partial charge in [0.1, 0.15) is 0 Å². The van der Waals surface area contributed by atoms with Crippen LogP contribution in [0.1, 0.15) is 39.0 Å². The number of carbonyl (C=O) groups excluding carboxylic acids is 1. The molecule has 0 aliphatic heterocycles. The van der Waals surface area contributed by atoms with Gasteiger partial charge in [0.2, 0.25) is 5.91 Å². The van der Waals surface area contributed by atoms with Crippen LogP contribution in [0, 0.1) is 0 Å². The molecule has 0 unspecified atom stereocenters. The maximum absolute atomic E-state index is 12.1. The number of rotatable bonds is 5. The fourth-order valence-electron chi connectivity index (χ4n) is 2.43. The van der Waals surface area contributed by atoms with E-state index in [2.05, 4.69) is 4.90 Å². The molecule has 4 nitrogen and oxygen atoms in total. The molecule has 0 aromatic rings. The number of nitrogens with two attached hydrogens (primary N) is 1. The Hall–Kier alpha value is -0.610. The summed E-state index contributed by atoms with van der Waals surface area (Å²) in [7, 11) is 4.07. The monoisotopic (exact) mass is 241 g/mol. The lowest BCUT2D eigenvalue weighted by atomic mass is 9.93. The highest BCUT2D eigenvalue weighted by Gasteiger charge is 2.26. The zero-order valence-electron chi connectivity index (χ0n) is 11.5. The van der Waals surface area contributed by atoms with Crippen molar-refractivity contribution in [2.45, 2.75) is 51.1 Å². The van der Waals surface area contributed by atoms with E-state index in [1.165, 1.54) is 19.3 Å². The molecule has 1 aliphatic rings. The molecule has 1 saturated carbocycles. The molecule has 1 fully saturated rings. The standard InChI is InChI=1S/C13H27N3O/c1-11(14)13(17)16(10-9-15(2)3)12-7-5-4-6-8-12/h11-12H,4-10,14H2,1-3H3/t11-/m0/s1. The summed E-state index contributed by atoms with van der Waals surface area (Å²) >= 11 is 0. The first-order valence-electron chi connectivity index (χ1n) is 6.73. The van der Waals surface area contributed by atoms with Gasteiger partial charge in [-0.05, 0) is 33.9 Å². The summed E-state index contributed by atoms with van der Waals surface area (Å²) in [4.78, 5) is 16.3. The first kappa shape index (κ1) is 14.5. The van der Waals surface area contributed by atoms with Gasteiger partial charge in [-0.25, -0.2) is 0 Å². The number of hydrogen-bond acceptors (Lipinski definition) is 3. The molecule has 0 aromatic carbocycles. The molecule has 0 spiro atoms. The van der Waals surface area contributed by atoms with Gasteiger partial charge >= 0.3 is 0 Å². The molecular formula is C13H27N3O. The van der Waals surface area contributed by atoms with Crippen molar-refractivity contribution in [3.63, 3.8) is 0 Å². The molecule has 1 aliphatic carbocycles. The van der Waals surface area contributed by atoms with E-state index in [1.54, 1.807) is 6.92 Å². The number of hydrogen-bond donors (Lipinski definition) is 1. The van der Waals surface area contributed by atoms with Crippen molar-refractivity contribution < 1.29 is 4.79 Å². The maximum atomic E-state index is 12.1. The van der Waals surface area contributed by atoms with Crippen LogP contribution in [0.25, 0.3) is 0 Å². The Bertz CT molecular complexity index is 235. The Morgan fingerprint density at radius 2 is 1.82 bits per heavy atom. The van der Waals surface area contributed by atoms with Crippen LogP contribution in [-0.2, 0) is 4.79 Å². The normalized spacial score (nSPS) is 19.4. The van der Waals surface area contributed by atoms with Gasteiger partial charge in [-0.2, -0.15) is 0 Å². The zero-order chi connectivity index (χ0) is 12.8. The van der Waals surface area contributed by atoms with E-state index >= 15 is 0 Å². The van der Waals surface area contributed by atoms with E-state index in [4.69, 9.17) is 5.73 Å². The number of amides is 1. The molecule has 4 heteroatoms. The molecular weight excluding hydrogens is 214 g/mol. The Balaban J connectivity index is 2.59. The zero-order valence-corrected chi connectivity index (χ0v) is 11.5. The maximum Gasteiger partial charge on any atom is 0.239 e. The second-order valence-electron chi connectivity index (χ2n) is 5.42. The lowest BCUT2D eigenvalue weighted by Gasteiger charge is -2.36. The van der Waals surface area contributed by atoms with E-state index in [0.717, 1.165) is 25.9 Å². The van der Waals surface area contributed by atoms with Gasteiger partial charge < -0.3 is 15.5 Å². The molecule has 0 heterocycles. The van der Waals surface area contributed by atoms with Crippen LogP contribution >= 0.6 is 0 Å². The fraction of sp³-hybridized carbons (Fsp3) is 0.923. The summed E-state index contributed by atoms with van der Waals surface area (Å²) in [6.07, 6.45) is 6.09. The van der Waals surface area contributed by atoms with Crippen LogP contribution in [-0.4, -0.2) is 55.0 Å². The number of nitrogens with zero attached hydrogens (tertiary/aromatic N) is 2. The highest BCUT2D eigenvalue weighted by atomic mass is 16.2. The van der Waals surface area contributed by atoms with Gasteiger partial charge in [0.25, 0.3) is 0 Å². The van der Waals surface area contributed by atoms with Crippen LogP contribution in [0.5, 0.6) is 0 Å². The van der Waals surface area contributed by atoms with Crippen molar-refractivity contribution in [1.82, 2.24) is 9.80 Å². The molecule has 17 heavy (non-hydrogen) atoms. The van der Waals surface area contributed by atoms with Crippen molar-refractivity contribution in [3.8, 4) is 0 Å². The molecule has 1 atom stereocenters. The minimum atomic E-state index is -0.376. The number of carbonyl (C=O) groups is 1. The van der Waals surface area contributed by atoms with Crippen LogP contribution in [0.3, 0.4) is 0 Å². The van der Waals surface area contributed by atoms with Gasteiger partial charge in [-0.1, -0.05) is 19.3 Å². The number of likely N-dealkylation sites (N-methyl/N-ethyl adjacent to an activating group) is 1. The summed E-state index contributed by atoms with van der Waals surface area (Å²) in [5.74, 6) is 0.110. The fourth-order valence-corrected chi connectivity index (χ4v) is 2.43. The predicted octanol–water partition coefficient (Wildman–Crippen LogP) is 1.06. The van der Waals surface area contributed by atoms with E-state index in [-0.39, 0.29) is 11.9 Å². The molecule has 2 N–H and O–H groups in total. The van der Waals surface area contributed by atoms with Gasteiger partial charge in [-0.3, -0.25) is 4.79 Å². The Morgan fingerprint density at radius 3 is 2.29 bits per heavy atom. The third-order valence-electron chi connectivity index (χ3n) is 3.48. The van der Waals surface area contributed by atoms with Crippen LogP contribution in [0.15, 0.2) is 0 Å². The second-order valence-corrected chi connectivity index (χ2v) is 5.42. The topological polar surface area (TPSA) is 49.6 Å². The molecule has 0 radical (unpaired) electrons. The lowest BCUT2D eigenvalue weighted by Crippen LogP contribution is -2.50. The van der Waals surface area contributed by atoms with Crippen molar-refractivity contribution >= 4 is 5.91 Å². The third-order valence-corrected chi connectivity index (χ3v) is 3.48. The van der Waals surface area contributed by atoms with Gasteiger partial charge in [-0.15, -0.1) is 0 Å². The van der Waals surface area contributed by atoms with Gasteiger partial charge in [0.15, 0.2) is 0 Å². The van der Waals surface area contributed by atoms with E-state index in [1.807, 2.05) is 19.0 Å². The summed E-state index contributed by atoms with van der Waals surface area (Å²) in [5, 5.41) is 0. The average Bonchev–Trinajstić information content (AvgIpc) is 2.30. The SMILES string of the molecule is C[C@H](N)C(=O)N(CCN(C)C)C1CCCCC1. The Labute approximate surface area is 105 Å². The van der Waals surface area contributed by atoms with Crippen LogP contribution in [0.4, 0.5) is 0 Å². The van der Waals surface area contributed by atoms with Crippen LogP contribution in [0.2, 0.25) is 0 Å². The Kier molecular flexibility index (Phi) is 5.92. The van der Waals surface area contributed by atoms with Crippen molar-refractivity contribution in [3.05, 3.63) is 0 Å². The Morgan fingerprint density at radius 1 is 1.24 bits per heavy atom.